The number of nitrogens with one attached hydrogen (secondary N) is 1. The lowest BCUT2D eigenvalue weighted by atomic mass is 10.1. The Morgan fingerprint density at radius 3 is 2.67 bits per heavy atom. The van der Waals surface area contributed by atoms with Crippen molar-refractivity contribution in [2.45, 2.75) is 25.8 Å². The molecular weight excluding hydrogens is 234 g/mol. The number of aryl methyl sites for hydroxylation is 1. The summed E-state index contributed by atoms with van der Waals surface area (Å²) in [6.07, 6.45) is 0.800. The lowest BCUT2D eigenvalue weighted by Gasteiger charge is -2.13. The third-order valence-corrected chi connectivity index (χ3v) is 2.62. The number of aliphatic hydroxyl groups is 1. The smallest absolute Gasteiger partial charge is 0.326 e. The van der Waals surface area contributed by atoms with Crippen molar-refractivity contribution in [3.63, 3.8) is 0 Å². The van der Waals surface area contributed by atoms with Crippen LogP contribution in [-0.4, -0.2) is 34.7 Å². The zero-order chi connectivity index (χ0) is 13.5. The van der Waals surface area contributed by atoms with E-state index in [1.807, 2.05) is 13.0 Å². The molecule has 3 N–H and O–H groups in total. The number of hydrogen-bond acceptors (Lipinski definition) is 3. The number of carboxylic acids is 1. The Bertz CT molecular complexity index is 431. The highest BCUT2D eigenvalue weighted by Crippen LogP contribution is 2.06. The first-order valence-electron chi connectivity index (χ1n) is 5.82. The first-order valence-corrected chi connectivity index (χ1v) is 5.82. The topological polar surface area (TPSA) is 86.6 Å². The molecule has 0 saturated carbocycles. The van der Waals surface area contributed by atoms with E-state index in [2.05, 4.69) is 5.32 Å². The van der Waals surface area contributed by atoms with E-state index in [9.17, 15) is 9.59 Å². The number of carbonyl (C=O) groups is 2. The standard InChI is InChI=1S/C13H17NO4/c1-2-9-4-3-5-10(8-9)12(16)14-11(6-7-15)13(17)18/h3-5,8,11,15H,2,6-7H2,1H3,(H,14,16)(H,17,18)/t11-/m0/s1. The van der Waals surface area contributed by atoms with Gasteiger partial charge in [0.15, 0.2) is 0 Å². The molecule has 0 unspecified atom stereocenters. The zero-order valence-corrected chi connectivity index (χ0v) is 10.2. The number of amides is 1. The minimum absolute atomic E-state index is 0.00541. The van der Waals surface area contributed by atoms with E-state index in [0.717, 1.165) is 12.0 Å². The Hall–Kier alpha value is -1.88. The van der Waals surface area contributed by atoms with Gasteiger partial charge in [0.2, 0.25) is 0 Å². The fourth-order valence-corrected chi connectivity index (χ4v) is 1.56. The van der Waals surface area contributed by atoms with E-state index < -0.39 is 17.9 Å². The predicted molar refractivity (Wildman–Crippen MR) is 66.4 cm³/mol. The van der Waals surface area contributed by atoms with Crippen molar-refractivity contribution in [1.82, 2.24) is 5.32 Å². The molecule has 0 saturated heterocycles. The van der Waals surface area contributed by atoms with Crippen LogP contribution in [0.15, 0.2) is 24.3 Å². The number of carboxylic acid groups (broad SMARTS) is 1. The summed E-state index contributed by atoms with van der Waals surface area (Å²) in [5, 5.41) is 20.0. The van der Waals surface area contributed by atoms with Crippen LogP contribution in [0, 0.1) is 0 Å². The lowest BCUT2D eigenvalue weighted by molar-refractivity contribution is -0.139. The molecule has 5 heteroatoms. The van der Waals surface area contributed by atoms with Gasteiger partial charge in [0.25, 0.3) is 5.91 Å². The molecular formula is C13H17NO4. The molecule has 1 rings (SSSR count). The van der Waals surface area contributed by atoms with Crippen LogP contribution in [0.5, 0.6) is 0 Å². The molecule has 0 aliphatic rings. The Balaban J connectivity index is 2.76. The van der Waals surface area contributed by atoms with Gasteiger partial charge in [-0.05, 0) is 24.1 Å². The summed E-state index contributed by atoms with van der Waals surface area (Å²) in [5.74, 6) is -1.59. The third-order valence-electron chi connectivity index (χ3n) is 2.62. The van der Waals surface area contributed by atoms with Crippen molar-refractivity contribution in [2.24, 2.45) is 0 Å². The number of carbonyl (C=O) groups excluding carboxylic acids is 1. The number of aliphatic hydroxyl groups excluding tert-OH is 1. The van der Waals surface area contributed by atoms with Crippen molar-refractivity contribution in [1.29, 1.82) is 0 Å². The maximum Gasteiger partial charge on any atom is 0.326 e. The highest BCUT2D eigenvalue weighted by molar-refractivity contribution is 5.96. The second-order valence-electron chi connectivity index (χ2n) is 3.93. The molecule has 5 nitrogen and oxygen atoms in total. The van der Waals surface area contributed by atoms with Gasteiger partial charge < -0.3 is 15.5 Å². The van der Waals surface area contributed by atoms with Crippen LogP contribution < -0.4 is 5.32 Å². The molecule has 0 radical (unpaired) electrons. The molecule has 1 aromatic rings. The zero-order valence-electron chi connectivity index (χ0n) is 10.2. The van der Waals surface area contributed by atoms with E-state index in [-0.39, 0.29) is 13.0 Å². The van der Waals surface area contributed by atoms with Crippen LogP contribution in [0.25, 0.3) is 0 Å². The van der Waals surface area contributed by atoms with E-state index in [0.29, 0.717) is 5.56 Å². The van der Waals surface area contributed by atoms with Crippen molar-refractivity contribution >= 4 is 11.9 Å². The van der Waals surface area contributed by atoms with E-state index in [4.69, 9.17) is 10.2 Å². The summed E-state index contributed by atoms with van der Waals surface area (Å²) in [7, 11) is 0. The van der Waals surface area contributed by atoms with Gasteiger partial charge in [-0.15, -0.1) is 0 Å². The molecule has 1 aromatic carbocycles. The van der Waals surface area contributed by atoms with Crippen molar-refractivity contribution in [3.8, 4) is 0 Å². The normalized spacial score (nSPS) is 11.9. The van der Waals surface area contributed by atoms with Gasteiger partial charge in [0.1, 0.15) is 6.04 Å². The van der Waals surface area contributed by atoms with Gasteiger partial charge in [-0.3, -0.25) is 4.79 Å². The van der Waals surface area contributed by atoms with Gasteiger partial charge >= 0.3 is 5.97 Å². The first-order chi connectivity index (χ1) is 8.58. The SMILES string of the molecule is CCc1cccc(C(=O)N[C@@H](CCO)C(=O)O)c1. The highest BCUT2D eigenvalue weighted by Gasteiger charge is 2.19. The summed E-state index contributed by atoms with van der Waals surface area (Å²) in [4.78, 5) is 22.7. The second kappa shape index (κ2) is 6.76. The van der Waals surface area contributed by atoms with E-state index in [1.54, 1.807) is 18.2 Å². The summed E-state index contributed by atoms with van der Waals surface area (Å²) in [6.45, 7) is 1.69. The van der Waals surface area contributed by atoms with Crippen LogP contribution in [0.2, 0.25) is 0 Å². The van der Waals surface area contributed by atoms with Crippen LogP contribution in [0.3, 0.4) is 0 Å². The number of benzene rings is 1. The minimum atomic E-state index is -1.15. The summed E-state index contributed by atoms with van der Waals surface area (Å²) >= 11 is 0. The molecule has 18 heavy (non-hydrogen) atoms. The number of aliphatic carboxylic acids is 1. The maximum atomic E-state index is 11.8. The Labute approximate surface area is 105 Å². The summed E-state index contributed by atoms with van der Waals surface area (Å²) in [5.41, 5.74) is 1.44. The molecule has 0 spiro atoms. The molecule has 1 atom stereocenters. The highest BCUT2D eigenvalue weighted by atomic mass is 16.4. The molecule has 0 aliphatic heterocycles. The average Bonchev–Trinajstić information content (AvgIpc) is 2.38. The first kappa shape index (κ1) is 14.2. The van der Waals surface area contributed by atoms with Gasteiger partial charge in [0.05, 0.1) is 0 Å². The van der Waals surface area contributed by atoms with E-state index in [1.165, 1.54) is 0 Å². The van der Waals surface area contributed by atoms with Crippen molar-refractivity contribution in [3.05, 3.63) is 35.4 Å². The van der Waals surface area contributed by atoms with Gasteiger partial charge in [-0.2, -0.15) is 0 Å². The number of hydrogen-bond donors (Lipinski definition) is 3. The van der Waals surface area contributed by atoms with Gasteiger partial charge in [0, 0.05) is 18.6 Å². The van der Waals surface area contributed by atoms with Gasteiger partial charge in [-0.1, -0.05) is 19.1 Å². The molecule has 0 bridgehead atoms. The van der Waals surface area contributed by atoms with Crippen molar-refractivity contribution in [2.75, 3.05) is 6.61 Å². The van der Waals surface area contributed by atoms with Gasteiger partial charge in [-0.25, -0.2) is 4.79 Å². The molecule has 1 amide bonds. The monoisotopic (exact) mass is 251 g/mol. The predicted octanol–water partition coefficient (Wildman–Crippen LogP) is 0.814. The summed E-state index contributed by atoms with van der Waals surface area (Å²) < 4.78 is 0. The third kappa shape index (κ3) is 3.85. The van der Waals surface area contributed by atoms with Crippen molar-refractivity contribution < 1.29 is 19.8 Å². The number of rotatable bonds is 6. The molecule has 0 aromatic heterocycles. The van der Waals surface area contributed by atoms with Crippen LogP contribution in [0.4, 0.5) is 0 Å². The average molecular weight is 251 g/mol. The Kier molecular flexibility index (Phi) is 5.32. The minimum Gasteiger partial charge on any atom is -0.480 e. The molecule has 98 valence electrons. The largest absolute Gasteiger partial charge is 0.480 e. The fourth-order valence-electron chi connectivity index (χ4n) is 1.56. The quantitative estimate of drug-likeness (QED) is 0.698. The summed E-state index contributed by atoms with van der Waals surface area (Å²) in [6, 6.07) is 5.96. The Morgan fingerprint density at radius 2 is 2.11 bits per heavy atom. The molecule has 0 fully saturated rings. The fraction of sp³-hybridized carbons (Fsp3) is 0.385. The van der Waals surface area contributed by atoms with Crippen LogP contribution in [-0.2, 0) is 11.2 Å². The van der Waals surface area contributed by atoms with Crippen LogP contribution >= 0.6 is 0 Å². The van der Waals surface area contributed by atoms with E-state index >= 15 is 0 Å². The molecule has 0 aliphatic carbocycles. The van der Waals surface area contributed by atoms with Crippen LogP contribution in [0.1, 0.15) is 29.3 Å². The molecule has 0 heterocycles. The Morgan fingerprint density at radius 1 is 1.39 bits per heavy atom. The second-order valence-corrected chi connectivity index (χ2v) is 3.93. The lowest BCUT2D eigenvalue weighted by Crippen LogP contribution is -2.41. The maximum absolute atomic E-state index is 11.8.